The molecule has 0 radical (unpaired) electrons. The van der Waals surface area contributed by atoms with E-state index in [1.807, 2.05) is 38.3 Å². The Morgan fingerprint density at radius 2 is 2.07 bits per heavy atom. The van der Waals surface area contributed by atoms with Crippen LogP contribution < -0.4 is 11.1 Å². The molecular formula is C20H19N5O2S2. The van der Waals surface area contributed by atoms with E-state index in [1.54, 1.807) is 28.3 Å². The molecule has 0 spiro atoms. The zero-order chi connectivity index (χ0) is 20.7. The number of fused-ring (bicyclic) bond motifs is 1. The Kier molecular flexibility index (Phi) is 4.93. The van der Waals surface area contributed by atoms with E-state index in [9.17, 15) is 9.59 Å². The topological polar surface area (TPSA) is 103 Å². The summed E-state index contributed by atoms with van der Waals surface area (Å²) < 4.78 is 1.79. The van der Waals surface area contributed by atoms with Gasteiger partial charge in [-0.25, -0.2) is 9.67 Å². The van der Waals surface area contributed by atoms with Crippen LogP contribution in [0.3, 0.4) is 0 Å². The lowest BCUT2D eigenvalue weighted by atomic mass is 10.1. The van der Waals surface area contributed by atoms with Crippen molar-refractivity contribution >= 4 is 50.5 Å². The summed E-state index contributed by atoms with van der Waals surface area (Å²) in [7, 11) is 0. The standard InChI is InChI=1S/C20H19N5O2S2/c1-10-7-14(19(27)24-20-16(17(21)26)11(2)12(3)29-20)15-8-22-25(18(15)23-10)9-13-5-4-6-28-13/h4-8H,9H2,1-3H3,(H2,21,26)(H,24,27). The highest BCUT2D eigenvalue weighted by atomic mass is 32.1. The number of hydrogen-bond donors (Lipinski definition) is 2. The molecule has 0 saturated carbocycles. The average Bonchev–Trinajstić information content (AvgIpc) is 3.36. The SMILES string of the molecule is Cc1cc(C(=O)Nc2sc(C)c(C)c2C(N)=O)c2cnn(Cc3cccs3)c2n1. The highest BCUT2D eigenvalue weighted by Gasteiger charge is 2.22. The van der Waals surface area contributed by atoms with Crippen LogP contribution in [0, 0.1) is 20.8 Å². The van der Waals surface area contributed by atoms with Crippen molar-refractivity contribution in [3.05, 3.63) is 61.9 Å². The van der Waals surface area contributed by atoms with Crippen LogP contribution in [0.5, 0.6) is 0 Å². The summed E-state index contributed by atoms with van der Waals surface area (Å²) in [5.74, 6) is -0.873. The Morgan fingerprint density at radius 1 is 1.28 bits per heavy atom. The Morgan fingerprint density at radius 3 is 2.76 bits per heavy atom. The first-order valence-corrected chi connectivity index (χ1v) is 10.6. The van der Waals surface area contributed by atoms with E-state index in [1.165, 1.54) is 11.3 Å². The number of rotatable bonds is 5. The second-order valence-electron chi connectivity index (χ2n) is 6.74. The van der Waals surface area contributed by atoms with Gasteiger partial charge in [-0.2, -0.15) is 5.10 Å². The monoisotopic (exact) mass is 425 g/mol. The van der Waals surface area contributed by atoms with Gasteiger partial charge in [0, 0.05) is 15.4 Å². The number of carbonyl (C=O) groups is 2. The molecule has 148 valence electrons. The molecule has 4 aromatic rings. The number of pyridine rings is 1. The summed E-state index contributed by atoms with van der Waals surface area (Å²) in [6, 6.07) is 5.76. The minimum atomic E-state index is -0.554. The molecule has 0 bridgehead atoms. The second kappa shape index (κ2) is 7.41. The summed E-state index contributed by atoms with van der Waals surface area (Å²) in [5, 5.41) is 10.4. The van der Waals surface area contributed by atoms with Gasteiger partial charge in [-0.1, -0.05) is 6.07 Å². The van der Waals surface area contributed by atoms with Crippen molar-refractivity contribution < 1.29 is 9.59 Å². The van der Waals surface area contributed by atoms with E-state index in [2.05, 4.69) is 15.4 Å². The van der Waals surface area contributed by atoms with Crippen molar-refractivity contribution in [3.63, 3.8) is 0 Å². The van der Waals surface area contributed by atoms with Crippen molar-refractivity contribution in [2.45, 2.75) is 27.3 Å². The minimum absolute atomic E-state index is 0.320. The summed E-state index contributed by atoms with van der Waals surface area (Å²) in [6.45, 7) is 6.15. The van der Waals surface area contributed by atoms with Gasteiger partial charge >= 0.3 is 0 Å². The zero-order valence-corrected chi connectivity index (χ0v) is 17.8. The molecule has 0 saturated heterocycles. The molecule has 0 aromatic carbocycles. The van der Waals surface area contributed by atoms with Crippen LogP contribution in [-0.2, 0) is 6.54 Å². The van der Waals surface area contributed by atoms with Gasteiger partial charge < -0.3 is 11.1 Å². The first-order valence-electron chi connectivity index (χ1n) is 8.92. The first kappa shape index (κ1) is 19.3. The van der Waals surface area contributed by atoms with Crippen LogP contribution in [0.1, 0.15) is 41.7 Å². The normalized spacial score (nSPS) is 11.1. The predicted octanol–water partition coefficient (Wildman–Crippen LogP) is 3.88. The maximum absolute atomic E-state index is 13.1. The quantitative estimate of drug-likeness (QED) is 0.506. The lowest BCUT2D eigenvalue weighted by Gasteiger charge is -2.08. The van der Waals surface area contributed by atoms with Gasteiger partial charge in [0.2, 0.25) is 0 Å². The molecule has 0 unspecified atom stereocenters. The fourth-order valence-electron chi connectivity index (χ4n) is 3.21. The number of hydrogen-bond acceptors (Lipinski definition) is 6. The number of nitrogens with zero attached hydrogens (tertiary/aromatic N) is 3. The van der Waals surface area contributed by atoms with Crippen LogP contribution in [0.15, 0.2) is 29.8 Å². The molecule has 0 aliphatic heterocycles. The van der Waals surface area contributed by atoms with E-state index < -0.39 is 5.91 Å². The van der Waals surface area contributed by atoms with Gasteiger partial charge in [-0.3, -0.25) is 9.59 Å². The fourth-order valence-corrected chi connectivity index (χ4v) is 4.96. The van der Waals surface area contributed by atoms with Crippen LogP contribution in [0.25, 0.3) is 11.0 Å². The zero-order valence-electron chi connectivity index (χ0n) is 16.1. The third-order valence-corrected chi connectivity index (χ3v) is 6.71. The molecule has 7 nitrogen and oxygen atoms in total. The molecule has 9 heteroatoms. The third kappa shape index (κ3) is 3.54. The van der Waals surface area contributed by atoms with Crippen molar-refractivity contribution in [2.24, 2.45) is 5.73 Å². The van der Waals surface area contributed by atoms with Gasteiger partial charge in [0.1, 0.15) is 5.00 Å². The van der Waals surface area contributed by atoms with E-state index >= 15 is 0 Å². The van der Waals surface area contributed by atoms with E-state index in [0.29, 0.717) is 39.4 Å². The highest BCUT2D eigenvalue weighted by molar-refractivity contribution is 7.16. The maximum Gasteiger partial charge on any atom is 0.257 e. The molecule has 3 N–H and O–H groups in total. The van der Waals surface area contributed by atoms with Crippen LogP contribution in [-0.4, -0.2) is 26.6 Å². The van der Waals surface area contributed by atoms with Crippen LogP contribution in [0.2, 0.25) is 0 Å². The lowest BCUT2D eigenvalue weighted by Crippen LogP contribution is -2.18. The van der Waals surface area contributed by atoms with Crippen molar-refractivity contribution in [3.8, 4) is 0 Å². The second-order valence-corrected chi connectivity index (χ2v) is 8.99. The number of aromatic nitrogens is 3. The number of amides is 2. The molecule has 0 fully saturated rings. The fraction of sp³-hybridized carbons (Fsp3) is 0.200. The average molecular weight is 426 g/mol. The van der Waals surface area contributed by atoms with Gasteiger partial charge in [0.05, 0.1) is 29.3 Å². The molecule has 4 rings (SSSR count). The lowest BCUT2D eigenvalue weighted by molar-refractivity contribution is 0.100. The number of anilines is 1. The Labute approximate surface area is 175 Å². The minimum Gasteiger partial charge on any atom is -0.365 e. The van der Waals surface area contributed by atoms with E-state index in [0.717, 1.165) is 15.3 Å². The van der Waals surface area contributed by atoms with Gasteiger partial charge in [0.15, 0.2) is 5.65 Å². The summed E-state index contributed by atoms with van der Waals surface area (Å²) >= 11 is 2.99. The number of nitrogens with two attached hydrogens (primary N) is 1. The third-order valence-electron chi connectivity index (χ3n) is 4.73. The molecule has 0 aliphatic rings. The number of aryl methyl sites for hydroxylation is 2. The Hall–Kier alpha value is -3.04. The molecule has 29 heavy (non-hydrogen) atoms. The summed E-state index contributed by atoms with van der Waals surface area (Å²) in [6.07, 6.45) is 1.66. The van der Waals surface area contributed by atoms with E-state index in [4.69, 9.17) is 5.73 Å². The molecule has 4 heterocycles. The predicted molar refractivity (Wildman–Crippen MR) is 116 cm³/mol. The number of carbonyl (C=O) groups excluding carboxylic acids is 2. The van der Waals surface area contributed by atoms with Crippen molar-refractivity contribution in [2.75, 3.05) is 5.32 Å². The first-order chi connectivity index (χ1) is 13.8. The van der Waals surface area contributed by atoms with Gasteiger partial charge in [-0.05, 0) is 43.8 Å². The Balaban J connectivity index is 1.73. The highest BCUT2D eigenvalue weighted by Crippen LogP contribution is 2.33. The maximum atomic E-state index is 13.1. The van der Waals surface area contributed by atoms with Gasteiger partial charge in [0.25, 0.3) is 11.8 Å². The summed E-state index contributed by atoms with van der Waals surface area (Å²) in [4.78, 5) is 31.6. The molecular weight excluding hydrogens is 406 g/mol. The molecule has 4 aromatic heterocycles. The van der Waals surface area contributed by atoms with Crippen LogP contribution in [0.4, 0.5) is 5.00 Å². The van der Waals surface area contributed by atoms with Crippen molar-refractivity contribution in [1.29, 1.82) is 0 Å². The summed E-state index contributed by atoms with van der Waals surface area (Å²) in [5.41, 5.74) is 8.49. The van der Waals surface area contributed by atoms with Crippen LogP contribution >= 0.6 is 22.7 Å². The largest absolute Gasteiger partial charge is 0.365 e. The molecule has 0 aliphatic carbocycles. The molecule has 2 amide bonds. The Bertz CT molecular complexity index is 1240. The van der Waals surface area contributed by atoms with E-state index in [-0.39, 0.29) is 5.91 Å². The van der Waals surface area contributed by atoms with Gasteiger partial charge in [-0.15, -0.1) is 22.7 Å². The number of thiophene rings is 2. The number of nitrogens with one attached hydrogen (secondary N) is 1. The number of primary amides is 1. The van der Waals surface area contributed by atoms with Crippen molar-refractivity contribution in [1.82, 2.24) is 14.8 Å². The molecule has 0 atom stereocenters. The smallest absolute Gasteiger partial charge is 0.257 e.